The Balaban J connectivity index is 1.10. The predicted octanol–water partition coefficient (Wildman–Crippen LogP) is 16.7. The Bertz CT molecular complexity index is 3590. The molecule has 4 aliphatic rings. The Morgan fingerprint density at radius 2 is 0.667 bits per heavy atom. The Labute approximate surface area is 391 Å². The number of fused-ring (bicyclic) bond motifs is 21. The summed E-state index contributed by atoms with van der Waals surface area (Å²) in [6.45, 7) is 0. The molecule has 3 heterocycles. The van der Waals surface area contributed by atoms with Gasteiger partial charge in [0.05, 0.1) is 33.3 Å². The van der Waals surface area contributed by atoms with Gasteiger partial charge >= 0.3 is 0 Å². The average molecular weight is 876 g/mol. The summed E-state index contributed by atoms with van der Waals surface area (Å²) < 4.78 is 6.72. The van der Waals surface area contributed by atoms with Crippen molar-refractivity contribution in [3.63, 3.8) is 0 Å². The van der Waals surface area contributed by atoms with Crippen LogP contribution in [0.25, 0.3) is 44.2 Å². The second kappa shape index (κ2) is 13.5. The van der Waals surface area contributed by atoms with Gasteiger partial charge in [0.2, 0.25) is 0 Å². The number of rotatable bonds is 3. The van der Waals surface area contributed by atoms with Crippen LogP contribution in [0.2, 0.25) is 0 Å². The lowest BCUT2D eigenvalue weighted by Crippen LogP contribution is -2.32. The minimum atomic E-state index is -0.525. The molecule has 11 aromatic rings. The van der Waals surface area contributed by atoms with Gasteiger partial charge in [0, 0.05) is 36.1 Å². The summed E-state index contributed by atoms with van der Waals surface area (Å²) in [5, 5.41) is 2.20. The molecule has 10 aromatic carbocycles. The Morgan fingerprint density at radius 1 is 0.303 bits per heavy atom. The maximum atomic E-state index is 6.72. The summed E-state index contributed by atoms with van der Waals surface area (Å²) in [6, 6.07) is 83.9. The van der Waals surface area contributed by atoms with Gasteiger partial charge in [0.25, 0.3) is 0 Å². The fourth-order valence-corrected chi connectivity index (χ4v) is 14.9. The summed E-state index contributed by atoms with van der Waals surface area (Å²) in [5.41, 5.74) is 19.6. The van der Waals surface area contributed by atoms with Crippen molar-refractivity contribution in [2.45, 2.75) is 30.4 Å². The molecular weight excluding hydrogens is 839 g/mol. The van der Waals surface area contributed by atoms with Gasteiger partial charge in [-0.05, 0) is 110 Å². The van der Waals surface area contributed by atoms with E-state index in [1.165, 1.54) is 86.3 Å². The van der Waals surface area contributed by atoms with Crippen LogP contribution >= 0.6 is 23.5 Å². The van der Waals surface area contributed by atoms with Crippen LogP contribution in [-0.2, 0) is 10.8 Å². The summed E-state index contributed by atoms with van der Waals surface area (Å²) in [6.07, 6.45) is 0. The monoisotopic (exact) mass is 875 g/mol. The van der Waals surface area contributed by atoms with Crippen LogP contribution in [0.4, 0.5) is 17.1 Å². The van der Waals surface area contributed by atoms with Crippen molar-refractivity contribution in [3.05, 3.63) is 269 Å². The molecule has 0 saturated heterocycles. The van der Waals surface area contributed by atoms with Gasteiger partial charge in [-0.3, -0.25) is 0 Å². The van der Waals surface area contributed by atoms with E-state index in [4.69, 9.17) is 4.42 Å². The zero-order valence-corrected chi connectivity index (χ0v) is 37.2. The third kappa shape index (κ3) is 4.55. The normalized spacial score (nSPS) is 14.8. The number of hydrogen-bond acceptors (Lipinski definition) is 4. The molecule has 0 unspecified atom stereocenters. The third-order valence-corrected chi connectivity index (χ3v) is 17.1. The summed E-state index contributed by atoms with van der Waals surface area (Å²) in [4.78, 5) is 7.78. The zero-order chi connectivity index (χ0) is 43.1. The third-order valence-electron chi connectivity index (χ3n) is 14.8. The highest BCUT2D eigenvalue weighted by molar-refractivity contribution is 7.99. The quantitative estimate of drug-likeness (QED) is 0.176. The molecule has 2 spiro atoms. The predicted molar refractivity (Wildman–Crippen MR) is 271 cm³/mol. The van der Waals surface area contributed by atoms with Crippen LogP contribution in [0.5, 0.6) is 0 Å². The molecule has 0 N–H and O–H groups in total. The fraction of sp³-hybridized carbons (Fsp3) is 0.0323. The topological polar surface area (TPSA) is 16.4 Å². The van der Waals surface area contributed by atoms with Crippen LogP contribution in [0.1, 0.15) is 44.5 Å². The van der Waals surface area contributed by atoms with Crippen molar-refractivity contribution >= 4 is 62.5 Å². The molecule has 0 atom stereocenters. The number of nitrogens with zero attached hydrogens (tertiary/aromatic N) is 1. The summed E-state index contributed by atoms with van der Waals surface area (Å²) >= 11 is 3.77. The van der Waals surface area contributed by atoms with Gasteiger partial charge in [-0.1, -0.05) is 193 Å². The Morgan fingerprint density at radius 3 is 1.17 bits per heavy atom. The maximum Gasteiger partial charge on any atom is 0.137 e. The molecule has 1 aromatic heterocycles. The van der Waals surface area contributed by atoms with E-state index in [2.05, 4.69) is 229 Å². The molecule has 0 radical (unpaired) electrons. The first-order valence-corrected chi connectivity index (χ1v) is 24.3. The lowest BCUT2D eigenvalue weighted by atomic mass is 9.67. The van der Waals surface area contributed by atoms with Crippen LogP contribution in [0, 0.1) is 0 Å². The number of para-hydroxylation sites is 1. The number of benzene rings is 10. The van der Waals surface area contributed by atoms with Crippen molar-refractivity contribution in [2.24, 2.45) is 0 Å². The highest BCUT2D eigenvalue weighted by atomic mass is 32.2. The molecule has 15 rings (SSSR count). The van der Waals surface area contributed by atoms with Crippen molar-refractivity contribution in [1.82, 2.24) is 0 Å². The van der Waals surface area contributed by atoms with Crippen LogP contribution in [0.15, 0.2) is 248 Å². The van der Waals surface area contributed by atoms with E-state index in [9.17, 15) is 0 Å². The molecule has 2 aliphatic carbocycles. The number of hydrogen-bond donors (Lipinski definition) is 0. The standard InChI is InChI=1S/C62H37NOS2/c1-4-21-41-38(18-1)58-47(61(41)43-23-6-11-34-54(43)65-55-35-12-7-24-44(55)61)27-15-29-49(58)63(51-31-17-33-53-60(51)40-20-3-10-32-52(40)64-53)50-30-16-28-48-59(50)39-19-2-5-22-42(39)62(48)45-25-8-13-36-56(45)66-57-37-14-9-26-46(57)62/h1-37H. The molecule has 308 valence electrons. The first-order valence-electron chi connectivity index (χ1n) is 22.7. The molecular formula is C62H37NOS2. The minimum Gasteiger partial charge on any atom is -0.456 e. The first-order chi connectivity index (χ1) is 32.8. The van der Waals surface area contributed by atoms with E-state index in [0.29, 0.717) is 0 Å². The molecule has 2 nitrogen and oxygen atoms in total. The van der Waals surface area contributed by atoms with Crippen LogP contribution in [-0.4, -0.2) is 0 Å². The van der Waals surface area contributed by atoms with E-state index in [-0.39, 0.29) is 0 Å². The number of anilines is 3. The van der Waals surface area contributed by atoms with E-state index in [0.717, 1.165) is 39.0 Å². The van der Waals surface area contributed by atoms with Gasteiger partial charge in [-0.25, -0.2) is 0 Å². The molecule has 2 aliphatic heterocycles. The zero-order valence-electron chi connectivity index (χ0n) is 35.5. The van der Waals surface area contributed by atoms with Crippen molar-refractivity contribution < 1.29 is 4.42 Å². The minimum absolute atomic E-state index is 0.525. The number of furan rings is 1. The highest BCUT2D eigenvalue weighted by Gasteiger charge is 2.53. The lowest BCUT2D eigenvalue weighted by Gasteiger charge is -2.40. The van der Waals surface area contributed by atoms with Gasteiger partial charge in [-0.2, -0.15) is 0 Å². The second-order valence-electron chi connectivity index (χ2n) is 17.8. The Hall–Kier alpha value is -7.50. The van der Waals surface area contributed by atoms with E-state index < -0.39 is 10.8 Å². The smallest absolute Gasteiger partial charge is 0.137 e. The average Bonchev–Trinajstić information content (AvgIpc) is 4.01. The van der Waals surface area contributed by atoms with E-state index in [1.54, 1.807) is 0 Å². The van der Waals surface area contributed by atoms with Crippen molar-refractivity contribution in [2.75, 3.05) is 4.90 Å². The Kier molecular flexibility index (Phi) is 7.54. The molecule has 66 heavy (non-hydrogen) atoms. The summed E-state index contributed by atoms with van der Waals surface area (Å²) in [7, 11) is 0. The fourth-order valence-electron chi connectivity index (χ4n) is 12.5. The van der Waals surface area contributed by atoms with E-state index in [1.807, 2.05) is 23.5 Å². The summed E-state index contributed by atoms with van der Waals surface area (Å²) in [5.74, 6) is 0. The second-order valence-corrected chi connectivity index (χ2v) is 19.9. The van der Waals surface area contributed by atoms with E-state index >= 15 is 0 Å². The first kappa shape index (κ1) is 36.8. The highest BCUT2D eigenvalue weighted by Crippen LogP contribution is 2.67. The largest absolute Gasteiger partial charge is 0.456 e. The van der Waals surface area contributed by atoms with Gasteiger partial charge in [0.15, 0.2) is 0 Å². The van der Waals surface area contributed by atoms with Gasteiger partial charge < -0.3 is 9.32 Å². The van der Waals surface area contributed by atoms with Crippen LogP contribution in [0.3, 0.4) is 0 Å². The maximum absolute atomic E-state index is 6.72. The lowest BCUT2D eigenvalue weighted by molar-refractivity contribution is 0.669. The molecule has 0 saturated carbocycles. The molecule has 4 heteroatoms. The SMILES string of the molecule is c1ccc2c(c1)Sc1ccccc1C21c2ccccc2-c2c(N(c3cccc4c3-c3ccccc3C43c4ccccc4Sc4ccccc43)c3cccc4oc5ccccc5c34)cccc21. The molecule has 0 amide bonds. The van der Waals surface area contributed by atoms with Crippen molar-refractivity contribution in [1.29, 1.82) is 0 Å². The van der Waals surface area contributed by atoms with Gasteiger partial charge in [-0.15, -0.1) is 0 Å². The van der Waals surface area contributed by atoms with Crippen molar-refractivity contribution in [3.8, 4) is 22.3 Å². The van der Waals surface area contributed by atoms with Gasteiger partial charge in [0.1, 0.15) is 11.2 Å². The molecule has 0 fully saturated rings. The van der Waals surface area contributed by atoms with Crippen LogP contribution < -0.4 is 4.90 Å². The molecule has 0 bridgehead atoms.